The lowest BCUT2D eigenvalue weighted by molar-refractivity contribution is 0.465. The molecule has 0 aromatic carbocycles. The minimum atomic E-state index is 0.190. The van der Waals surface area contributed by atoms with Gasteiger partial charge in [0.15, 0.2) is 0 Å². The van der Waals surface area contributed by atoms with Gasteiger partial charge in [-0.25, -0.2) is 0 Å². The fraction of sp³-hybridized carbons (Fsp3) is 0.474. The molecule has 20 heavy (non-hydrogen) atoms. The highest BCUT2D eigenvalue weighted by Gasteiger charge is 2.21. The molecular weight excluding hydrogens is 260 g/mol. The van der Waals surface area contributed by atoms with Gasteiger partial charge in [-0.1, -0.05) is 63.0 Å². The second-order valence-electron chi connectivity index (χ2n) is 6.19. The SMILES string of the molecule is CCCCCC1(C)C=C(C)C=CC(c2ccc(C)s2)=C1. The molecule has 0 bridgehead atoms. The van der Waals surface area contributed by atoms with Gasteiger partial charge in [0.25, 0.3) is 0 Å². The number of unbranched alkanes of at least 4 members (excludes halogenated alkanes) is 2. The quantitative estimate of drug-likeness (QED) is 0.539. The molecule has 0 nitrogen and oxygen atoms in total. The Morgan fingerprint density at radius 3 is 2.50 bits per heavy atom. The van der Waals surface area contributed by atoms with Crippen LogP contribution < -0.4 is 0 Å². The summed E-state index contributed by atoms with van der Waals surface area (Å²) in [7, 11) is 0. The van der Waals surface area contributed by atoms with Crippen molar-refractivity contribution in [3.05, 3.63) is 51.8 Å². The lowest BCUT2D eigenvalue weighted by Crippen LogP contribution is -2.10. The molecule has 0 N–H and O–H groups in total. The second-order valence-corrected chi connectivity index (χ2v) is 7.48. The molecule has 1 atom stereocenters. The third-order valence-corrected chi connectivity index (χ3v) is 4.96. The van der Waals surface area contributed by atoms with E-state index in [0.717, 1.165) is 0 Å². The Hall–Kier alpha value is -1.08. The van der Waals surface area contributed by atoms with Gasteiger partial charge in [0, 0.05) is 15.2 Å². The molecule has 1 heteroatoms. The largest absolute Gasteiger partial charge is 0.141 e. The molecule has 0 saturated carbocycles. The number of thiophene rings is 1. The van der Waals surface area contributed by atoms with Crippen molar-refractivity contribution in [3.8, 4) is 0 Å². The van der Waals surface area contributed by atoms with Gasteiger partial charge in [0.1, 0.15) is 0 Å². The molecule has 0 radical (unpaired) electrons. The minimum absolute atomic E-state index is 0.190. The highest BCUT2D eigenvalue weighted by Crippen LogP contribution is 2.37. The van der Waals surface area contributed by atoms with Crippen molar-refractivity contribution < 1.29 is 0 Å². The van der Waals surface area contributed by atoms with E-state index in [-0.39, 0.29) is 5.41 Å². The molecule has 2 rings (SSSR count). The van der Waals surface area contributed by atoms with E-state index in [0.29, 0.717) is 0 Å². The molecule has 1 aromatic heterocycles. The summed E-state index contributed by atoms with van der Waals surface area (Å²) in [5.41, 5.74) is 2.95. The summed E-state index contributed by atoms with van der Waals surface area (Å²) >= 11 is 1.89. The summed E-state index contributed by atoms with van der Waals surface area (Å²) in [6.07, 6.45) is 14.6. The predicted octanol–water partition coefficient (Wildman–Crippen LogP) is 6.54. The Labute approximate surface area is 127 Å². The fourth-order valence-electron chi connectivity index (χ4n) is 2.88. The molecule has 0 spiro atoms. The Bertz CT molecular complexity index is 542. The number of hydrogen-bond acceptors (Lipinski definition) is 1. The molecule has 1 aromatic rings. The van der Waals surface area contributed by atoms with E-state index in [9.17, 15) is 0 Å². The first-order chi connectivity index (χ1) is 9.52. The molecule has 0 amide bonds. The van der Waals surface area contributed by atoms with Crippen molar-refractivity contribution in [1.82, 2.24) is 0 Å². The third-order valence-electron chi connectivity index (χ3n) is 3.91. The normalized spacial score (nSPS) is 22.4. The maximum absolute atomic E-state index is 2.47. The van der Waals surface area contributed by atoms with Crippen LogP contribution in [0.2, 0.25) is 0 Å². The minimum Gasteiger partial charge on any atom is -0.141 e. The van der Waals surface area contributed by atoms with E-state index in [1.807, 2.05) is 11.3 Å². The molecule has 1 heterocycles. The molecule has 1 aliphatic carbocycles. The lowest BCUT2D eigenvalue weighted by Gasteiger charge is -2.23. The van der Waals surface area contributed by atoms with Crippen LogP contribution in [-0.2, 0) is 0 Å². The third kappa shape index (κ3) is 3.96. The van der Waals surface area contributed by atoms with Gasteiger partial charge in [-0.2, -0.15) is 0 Å². The van der Waals surface area contributed by atoms with E-state index in [1.165, 1.54) is 46.6 Å². The van der Waals surface area contributed by atoms with E-state index in [2.05, 4.69) is 64.1 Å². The van der Waals surface area contributed by atoms with E-state index < -0.39 is 0 Å². The Balaban J connectivity index is 2.27. The Morgan fingerprint density at radius 2 is 1.85 bits per heavy atom. The van der Waals surface area contributed by atoms with Crippen LogP contribution in [0.15, 0.2) is 42.0 Å². The number of hydrogen-bond donors (Lipinski definition) is 0. The average molecular weight is 286 g/mol. The monoisotopic (exact) mass is 286 g/mol. The zero-order valence-electron chi connectivity index (χ0n) is 13.2. The highest BCUT2D eigenvalue weighted by molar-refractivity contribution is 7.13. The number of rotatable bonds is 5. The standard InChI is InChI=1S/C19H26S/c1-5-6-7-12-19(4)13-15(2)8-10-17(14-19)18-11-9-16(3)20-18/h8-11,13-14H,5-7,12H2,1-4H3. The van der Waals surface area contributed by atoms with Crippen molar-refractivity contribution in [3.63, 3.8) is 0 Å². The maximum atomic E-state index is 2.47. The van der Waals surface area contributed by atoms with Gasteiger partial charge < -0.3 is 0 Å². The van der Waals surface area contributed by atoms with Crippen LogP contribution in [0, 0.1) is 12.3 Å². The van der Waals surface area contributed by atoms with Gasteiger partial charge >= 0.3 is 0 Å². The van der Waals surface area contributed by atoms with E-state index in [4.69, 9.17) is 0 Å². The zero-order chi connectivity index (χ0) is 14.6. The van der Waals surface area contributed by atoms with E-state index >= 15 is 0 Å². The smallest absolute Gasteiger partial charge is 0.0342 e. The summed E-state index contributed by atoms with van der Waals surface area (Å²) in [6.45, 7) is 9.04. The summed E-state index contributed by atoms with van der Waals surface area (Å²) in [4.78, 5) is 2.78. The highest BCUT2D eigenvalue weighted by atomic mass is 32.1. The topological polar surface area (TPSA) is 0 Å². The van der Waals surface area contributed by atoms with Crippen molar-refractivity contribution in [2.75, 3.05) is 0 Å². The van der Waals surface area contributed by atoms with Gasteiger partial charge in [-0.3, -0.25) is 0 Å². The van der Waals surface area contributed by atoms with Crippen LogP contribution in [0.1, 0.15) is 56.2 Å². The van der Waals surface area contributed by atoms with Crippen molar-refractivity contribution in [2.24, 2.45) is 5.41 Å². The number of aryl methyl sites for hydroxylation is 1. The van der Waals surface area contributed by atoms with Gasteiger partial charge in [-0.05, 0) is 38.0 Å². The zero-order valence-corrected chi connectivity index (χ0v) is 14.0. The first-order valence-electron chi connectivity index (χ1n) is 7.69. The van der Waals surface area contributed by atoms with Gasteiger partial charge in [-0.15, -0.1) is 11.3 Å². The van der Waals surface area contributed by atoms with Crippen LogP contribution >= 0.6 is 11.3 Å². The summed E-state index contributed by atoms with van der Waals surface area (Å²) < 4.78 is 0. The fourth-order valence-corrected chi connectivity index (χ4v) is 3.74. The summed E-state index contributed by atoms with van der Waals surface area (Å²) in [5, 5.41) is 0. The van der Waals surface area contributed by atoms with Crippen molar-refractivity contribution >= 4 is 16.9 Å². The van der Waals surface area contributed by atoms with Crippen LogP contribution in [0.3, 0.4) is 0 Å². The van der Waals surface area contributed by atoms with Crippen molar-refractivity contribution in [2.45, 2.75) is 53.4 Å². The molecule has 108 valence electrons. The average Bonchev–Trinajstić information content (AvgIpc) is 2.75. The Morgan fingerprint density at radius 1 is 1.05 bits per heavy atom. The molecule has 1 aliphatic rings. The molecule has 1 unspecified atom stereocenters. The lowest BCUT2D eigenvalue weighted by atomic mass is 9.82. The molecule has 0 aliphatic heterocycles. The Kier molecular flexibility index (Phi) is 5.04. The van der Waals surface area contributed by atoms with Crippen molar-refractivity contribution in [1.29, 1.82) is 0 Å². The van der Waals surface area contributed by atoms with Crippen LogP contribution in [-0.4, -0.2) is 0 Å². The predicted molar refractivity (Wildman–Crippen MR) is 92.2 cm³/mol. The van der Waals surface area contributed by atoms with E-state index in [1.54, 1.807) is 0 Å². The van der Waals surface area contributed by atoms with Crippen LogP contribution in [0.5, 0.6) is 0 Å². The van der Waals surface area contributed by atoms with Crippen LogP contribution in [0.25, 0.3) is 5.57 Å². The summed E-state index contributed by atoms with van der Waals surface area (Å²) in [5.74, 6) is 0. The molecular formula is C19H26S. The first-order valence-corrected chi connectivity index (χ1v) is 8.51. The summed E-state index contributed by atoms with van der Waals surface area (Å²) in [6, 6.07) is 4.47. The van der Waals surface area contributed by atoms with Gasteiger partial charge in [0.05, 0.1) is 0 Å². The first kappa shape index (κ1) is 15.3. The molecule has 0 saturated heterocycles. The number of allylic oxidation sites excluding steroid dienone is 6. The maximum Gasteiger partial charge on any atom is 0.0342 e. The second kappa shape index (κ2) is 6.58. The van der Waals surface area contributed by atoms with Crippen LogP contribution in [0.4, 0.5) is 0 Å². The molecule has 0 fully saturated rings. The van der Waals surface area contributed by atoms with Gasteiger partial charge in [0.2, 0.25) is 0 Å².